The van der Waals surface area contributed by atoms with Crippen molar-refractivity contribution in [2.24, 2.45) is 0 Å². The molecule has 0 aromatic heterocycles. The lowest BCUT2D eigenvalue weighted by Crippen LogP contribution is -2.11. The highest BCUT2D eigenvalue weighted by molar-refractivity contribution is 5.90. The molecule has 2 aromatic carbocycles. The van der Waals surface area contributed by atoms with Gasteiger partial charge in [-0.15, -0.1) is 0 Å². The van der Waals surface area contributed by atoms with E-state index in [-0.39, 0.29) is 23.5 Å². The third kappa shape index (κ3) is 4.71. The largest absolute Gasteiger partial charge is 0.489 e. The van der Waals surface area contributed by atoms with Crippen LogP contribution in [0.2, 0.25) is 0 Å². The highest BCUT2D eigenvalue weighted by atomic mass is 19.4. The molecule has 0 bridgehead atoms. The molecule has 0 N–H and O–H groups in total. The van der Waals surface area contributed by atoms with Crippen molar-refractivity contribution in [3.8, 4) is 5.75 Å². The molecule has 2 rings (SSSR count). The Kier molecular flexibility index (Phi) is 5.81. The van der Waals surface area contributed by atoms with Crippen LogP contribution in [0, 0.1) is 10.1 Å². The molecule has 0 aliphatic carbocycles. The fourth-order valence-electron chi connectivity index (χ4n) is 2.19. The van der Waals surface area contributed by atoms with Crippen LogP contribution in [0.5, 0.6) is 5.75 Å². The molecule has 0 radical (unpaired) electrons. The maximum Gasteiger partial charge on any atom is 0.416 e. The van der Waals surface area contributed by atoms with Gasteiger partial charge in [-0.3, -0.25) is 10.1 Å². The van der Waals surface area contributed by atoms with Gasteiger partial charge in [0.05, 0.1) is 28.7 Å². The minimum Gasteiger partial charge on any atom is -0.489 e. The molecule has 6 nitrogen and oxygen atoms in total. The number of rotatable bonds is 6. The summed E-state index contributed by atoms with van der Waals surface area (Å²) in [6.07, 6.45) is -4.56. The lowest BCUT2D eigenvalue weighted by atomic mass is 10.1. The van der Waals surface area contributed by atoms with Crippen molar-refractivity contribution < 1.29 is 32.4 Å². The van der Waals surface area contributed by atoms with Gasteiger partial charge in [0, 0.05) is 11.6 Å². The Morgan fingerprint density at radius 3 is 2.50 bits per heavy atom. The van der Waals surface area contributed by atoms with E-state index in [1.807, 2.05) is 0 Å². The van der Waals surface area contributed by atoms with Crippen LogP contribution in [-0.4, -0.2) is 17.5 Å². The van der Waals surface area contributed by atoms with Crippen LogP contribution < -0.4 is 4.74 Å². The zero-order chi connectivity index (χ0) is 19.3. The van der Waals surface area contributed by atoms with Crippen molar-refractivity contribution >= 4 is 11.7 Å². The summed E-state index contributed by atoms with van der Waals surface area (Å²) in [4.78, 5) is 22.0. The number of nitro benzene ring substituents is 1. The Bertz CT molecular complexity index is 820. The van der Waals surface area contributed by atoms with Gasteiger partial charge >= 0.3 is 12.1 Å². The second-order valence-electron chi connectivity index (χ2n) is 5.14. The van der Waals surface area contributed by atoms with E-state index in [1.54, 1.807) is 6.92 Å². The van der Waals surface area contributed by atoms with E-state index in [4.69, 9.17) is 9.47 Å². The highest BCUT2D eigenvalue weighted by Crippen LogP contribution is 2.32. The van der Waals surface area contributed by atoms with Gasteiger partial charge in [0.1, 0.15) is 12.4 Å². The standard InChI is InChI=1S/C17H14F3NO5/c1-2-25-16(22)12-7-13(21(23)24)9-14(8-12)26-10-11-5-3-4-6-15(11)17(18,19)20/h3-9H,2,10H2,1H3. The van der Waals surface area contributed by atoms with Crippen LogP contribution in [0.1, 0.15) is 28.4 Å². The fourth-order valence-corrected chi connectivity index (χ4v) is 2.19. The van der Waals surface area contributed by atoms with Crippen LogP contribution in [-0.2, 0) is 17.5 Å². The molecular formula is C17H14F3NO5. The van der Waals surface area contributed by atoms with Crippen LogP contribution in [0.15, 0.2) is 42.5 Å². The number of nitro groups is 1. The van der Waals surface area contributed by atoms with Crippen molar-refractivity contribution in [2.75, 3.05) is 6.61 Å². The van der Waals surface area contributed by atoms with Crippen molar-refractivity contribution in [3.05, 3.63) is 69.3 Å². The molecule has 9 heteroatoms. The average molecular weight is 369 g/mol. The van der Waals surface area contributed by atoms with Crippen molar-refractivity contribution in [1.82, 2.24) is 0 Å². The van der Waals surface area contributed by atoms with E-state index in [1.165, 1.54) is 24.3 Å². The molecule has 26 heavy (non-hydrogen) atoms. The van der Waals surface area contributed by atoms with Gasteiger partial charge in [-0.25, -0.2) is 4.79 Å². The molecule has 0 unspecified atom stereocenters. The maximum absolute atomic E-state index is 13.0. The quantitative estimate of drug-likeness (QED) is 0.429. The maximum atomic E-state index is 13.0. The van der Waals surface area contributed by atoms with Gasteiger partial charge in [-0.2, -0.15) is 13.2 Å². The summed E-state index contributed by atoms with van der Waals surface area (Å²) in [5.41, 5.74) is -1.56. The Morgan fingerprint density at radius 2 is 1.88 bits per heavy atom. The number of alkyl halides is 3. The first-order chi connectivity index (χ1) is 12.2. The van der Waals surface area contributed by atoms with Gasteiger partial charge < -0.3 is 9.47 Å². The summed E-state index contributed by atoms with van der Waals surface area (Å²) in [7, 11) is 0. The second kappa shape index (κ2) is 7.85. The van der Waals surface area contributed by atoms with E-state index in [2.05, 4.69) is 0 Å². The topological polar surface area (TPSA) is 78.7 Å². The number of nitrogens with zero attached hydrogens (tertiary/aromatic N) is 1. The highest BCUT2D eigenvalue weighted by Gasteiger charge is 2.33. The first-order valence-electron chi connectivity index (χ1n) is 7.47. The van der Waals surface area contributed by atoms with Crippen LogP contribution in [0.25, 0.3) is 0 Å². The Hall–Kier alpha value is -3.10. The van der Waals surface area contributed by atoms with E-state index < -0.39 is 34.9 Å². The van der Waals surface area contributed by atoms with Gasteiger partial charge in [-0.05, 0) is 19.1 Å². The number of esters is 1. The molecule has 0 amide bonds. The molecule has 0 saturated heterocycles. The van der Waals surface area contributed by atoms with E-state index in [0.29, 0.717) is 0 Å². The minimum atomic E-state index is -4.56. The number of carbonyl (C=O) groups excluding carboxylic acids is 1. The third-order valence-electron chi connectivity index (χ3n) is 3.33. The smallest absolute Gasteiger partial charge is 0.416 e. The fraction of sp³-hybridized carbons (Fsp3) is 0.235. The number of non-ortho nitro benzene ring substituents is 1. The SMILES string of the molecule is CCOC(=O)c1cc(OCc2ccccc2C(F)(F)F)cc([N+](=O)[O-])c1. The van der Waals surface area contributed by atoms with Gasteiger partial charge in [-0.1, -0.05) is 18.2 Å². The predicted octanol–water partition coefficient (Wildman–Crippen LogP) is 4.37. The Balaban J connectivity index is 2.30. The number of ether oxygens (including phenoxy) is 2. The van der Waals surface area contributed by atoms with E-state index in [0.717, 1.165) is 18.2 Å². The summed E-state index contributed by atoms with van der Waals surface area (Å²) in [6, 6.07) is 8.04. The molecule has 2 aromatic rings. The number of benzene rings is 2. The molecule has 0 atom stereocenters. The summed E-state index contributed by atoms with van der Waals surface area (Å²) >= 11 is 0. The Labute approximate surface area is 146 Å². The summed E-state index contributed by atoms with van der Waals surface area (Å²) in [5, 5.41) is 11.0. The van der Waals surface area contributed by atoms with Gasteiger partial charge in [0.15, 0.2) is 0 Å². The molecule has 0 saturated carbocycles. The van der Waals surface area contributed by atoms with E-state index in [9.17, 15) is 28.1 Å². The number of halogens is 3. The summed E-state index contributed by atoms with van der Waals surface area (Å²) < 4.78 is 49.0. The monoisotopic (exact) mass is 369 g/mol. The van der Waals surface area contributed by atoms with Crippen LogP contribution in [0.4, 0.5) is 18.9 Å². The van der Waals surface area contributed by atoms with Gasteiger partial charge in [0.2, 0.25) is 0 Å². The summed E-state index contributed by atoms with van der Waals surface area (Å²) in [6.45, 7) is 1.16. The normalized spacial score (nSPS) is 11.1. The van der Waals surface area contributed by atoms with Crippen LogP contribution >= 0.6 is 0 Å². The lowest BCUT2D eigenvalue weighted by molar-refractivity contribution is -0.385. The lowest BCUT2D eigenvalue weighted by Gasteiger charge is -2.13. The first kappa shape index (κ1) is 19.2. The number of hydrogen-bond acceptors (Lipinski definition) is 5. The predicted molar refractivity (Wildman–Crippen MR) is 84.8 cm³/mol. The third-order valence-corrected chi connectivity index (χ3v) is 3.33. The second-order valence-corrected chi connectivity index (χ2v) is 5.14. The first-order valence-corrected chi connectivity index (χ1v) is 7.47. The zero-order valence-electron chi connectivity index (χ0n) is 13.6. The number of hydrogen-bond donors (Lipinski definition) is 0. The summed E-state index contributed by atoms with van der Waals surface area (Å²) in [5.74, 6) is -0.907. The molecule has 0 fully saturated rings. The number of carbonyl (C=O) groups is 1. The van der Waals surface area contributed by atoms with Crippen molar-refractivity contribution in [3.63, 3.8) is 0 Å². The molecule has 0 aliphatic heterocycles. The zero-order valence-corrected chi connectivity index (χ0v) is 13.6. The van der Waals surface area contributed by atoms with Crippen LogP contribution in [0.3, 0.4) is 0 Å². The molecule has 0 aliphatic rings. The molecule has 0 spiro atoms. The molecule has 138 valence electrons. The Morgan fingerprint density at radius 1 is 1.19 bits per heavy atom. The average Bonchev–Trinajstić information content (AvgIpc) is 2.59. The molecule has 0 heterocycles. The van der Waals surface area contributed by atoms with Gasteiger partial charge in [0.25, 0.3) is 5.69 Å². The molecular weight excluding hydrogens is 355 g/mol. The van der Waals surface area contributed by atoms with Crippen molar-refractivity contribution in [2.45, 2.75) is 19.7 Å². The minimum absolute atomic E-state index is 0.0661. The van der Waals surface area contributed by atoms with E-state index >= 15 is 0 Å². The van der Waals surface area contributed by atoms with Crippen molar-refractivity contribution in [1.29, 1.82) is 0 Å².